The van der Waals surface area contributed by atoms with Crippen molar-refractivity contribution in [3.05, 3.63) is 28.8 Å². The van der Waals surface area contributed by atoms with E-state index in [0.29, 0.717) is 39.3 Å². The van der Waals surface area contributed by atoms with E-state index in [1.54, 1.807) is 12.4 Å². The Bertz CT molecular complexity index is 718. The van der Waals surface area contributed by atoms with E-state index < -0.39 is 0 Å². The van der Waals surface area contributed by atoms with E-state index in [2.05, 4.69) is 35.7 Å². The van der Waals surface area contributed by atoms with Crippen molar-refractivity contribution in [3.63, 3.8) is 0 Å². The second kappa shape index (κ2) is 7.85. The average molecular weight is 394 g/mol. The molecule has 2 aromatic heterocycles. The van der Waals surface area contributed by atoms with E-state index in [1.807, 2.05) is 17.9 Å². The SMILES string of the molecule is CCOCCCC(=O)N1CCn2c(nnc2-c2cncc(Br)c2)C1. The van der Waals surface area contributed by atoms with Crippen molar-refractivity contribution in [2.45, 2.75) is 32.9 Å². The molecule has 0 radical (unpaired) electrons. The van der Waals surface area contributed by atoms with E-state index in [0.717, 1.165) is 28.1 Å². The summed E-state index contributed by atoms with van der Waals surface area (Å²) in [5, 5.41) is 8.54. The lowest BCUT2D eigenvalue weighted by molar-refractivity contribution is -0.133. The molecule has 0 saturated heterocycles. The van der Waals surface area contributed by atoms with Crippen LogP contribution in [0.25, 0.3) is 11.4 Å². The van der Waals surface area contributed by atoms with Gasteiger partial charge in [0.15, 0.2) is 11.6 Å². The predicted molar refractivity (Wildman–Crippen MR) is 92.1 cm³/mol. The lowest BCUT2D eigenvalue weighted by atomic mass is 10.2. The monoisotopic (exact) mass is 393 g/mol. The summed E-state index contributed by atoms with van der Waals surface area (Å²) < 4.78 is 8.25. The van der Waals surface area contributed by atoms with Crippen molar-refractivity contribution in [2.24, 2.45) is 0 Å². The summed E-state index contributed by atoms with van der Waals surface area (Å²) in [5.74, 6) is 1.76. The Labute approximate surface area is 149 Å². The van der Waals surface area contributed by atoms with Gasteiger partial charge in [0, 0.05) is 55.2 Å². The summed E-state index contributed by atoms with van der Waals surface area (Å²) in [6.07, 6.45) is 4.77. The molecule has 2 aromatic rings. The average Bonchev–Trinajstić information content (AvgIpc) is 3.01. The van der Waals surface area contributed by atoms with Gasteiger partial charge in [-0.25, -0.2) is 0 Å². The van der Waals surface area contributed by atoms with E-state index in [-0.39, 0.29) is 5.91 Å². The molecule has 1 aliphatic rings. The van der Waals surface area contributed by atoms with Crippen LogP contribution in [-0.4, -0.2) is 50.3 Å². The molecule has 0 spiro atoms. The summed E-state index contributed by atoms with van der Waals surface area (Å²) in [5.41, 5.74) is 0.916. The highest BCUT2D eigenvalue weighted by Gasteiger charge is 2.24. The molecule has 7 nitrogen and oxygen atoms in total. The number of fused-ring (bicyclic) bond motifs is 1. The Hall–Kier alpha value is -1.80. The molecule has 0 N–H and O–H groups in total. The van der Waals surface area contributed by atoms with Gasteiger partial charge in [-0.3, -0.25) is 9.78 Å². The maximum Gasteiger partial charge on any atom is 0.223 e. The first-order valence-corrected chi connectivity index (χ1v) is 8.87. The van der Waals surface area contributed by atoms with Crippen LogP contribution in [0.5, 0.6) is 0 Å². The molecular weight excluding hydrogens is 374 g/mol. The first kappa shape index (κ1) is 17.0. The number of halogens is 1. The van der Waals surface area contributed by atoms with Crippen molar-refractivity contribution < 1.29 is 9.53 Å². The van der Waals surface area contributed by atoms with Gasteiger partial charge in [0.25, 0.3) is 0 Å². The fourth-order valence-electron chi connectivity index (χ4n) is 2.75. The largest absolute Gasteiger partial charge is 0.382 e. The highest BCUT2D eigenvalue weighted by Crippen LogP contribution is 2.23. The van der Waals surface area contributed by atoms with Crippen LogP contribution in [0.15, 0.2) is 22.9 Å². The van der Waals surface area contributed by atoms with Crippen molar-refractivity contribution in [1.82, 2.24) is 24.6 Å². The molecular formula is C16H20BrN5O2. The number of carbonyl (C=O) groups excluding carboxylic acids is 1. The van der Waals surface area contributed by atoms with E-state index in [1.165, 1.54) is 0 Å². The Kier molecular flexibility index (Phi) is 5.57. The number of ether oxygens (including phenoxy) is 1. The molecule has 1 aliphatic heterocycles. The quantitative estimate of drug-likeness (QED) is 0.703. The third-order valence-electron chi connectivity index (χ3n) is 3.95. The summed E-state index contributed by atoms with van der Waals surface area (Å²) in [4.78, 5) is 18.3. The van der Waals surface area contributed by atoms with Crippen LogP contribution >= 0.6 is 15.9 Å². The lowest BCUT2D eigenvalue weighted by Gasteiger charge is -2.28. The smallest absolute Gasteiger partial charge is 0.223 e. The van der Waals surface area contributed by atoms with E-state index >= 15 is 0 Å². The summed E-state index contributed by atoms with van der Waals surface area (Å²) >= 11 is 3.42. The molecule has 8 heteroatoms. The number of pyridine rings is 1. The summed E-state index contributed by atoms with van der Waals surface area (Å²) in [6, 6.07) is 1.97. The molecule has 3 rings (SSSR count). The number of rotatable bonds is 6. The fourth-order valence-corrected chi connectivity index (χ4v) is 3.11. The molecule has 24 heavy (non-hydrogen) atoms. The summed E-state index contributed by atoms with van der Waals surface area (Å²) in [7, 11) is 0. The number of hydrogen-bond donors (Lipinski definition) is 0. The standard InChI is InChI=1S/C16H20BrN5O2/c1-2-24-7-3-4-15(23)21-5-6-22-14(11-21)19-20-16(22)12-8-13(17)10-18-9-12/h8-10H,2-7,11H2,1H3. The number of hydrogen-bond acceptors (Lipinski definition) is 5. The molecule has 0 atom stereocenters. The Morgan fingerprint density at radius 2 is 2.21 bits per heavy atom. The molecule has 1 amide bonds. The maximum absolute atomic E-state index is 12.3. The predicted octanol–water partition coefficient (Wildman–Crippen LogP) is 2.26. The number of aromatic nitrogens is 4. The molecule has 0 bridgehead atoms. The van der Waals surface area contributed by atoms with Gasteiger partial charge in [-0.1, -0.05) is 0 Å². The minimum Gasteiger partial charge on any atom is -0.382 e. The first-order valence-electron chi connectivity index (χ1n) is 8.07. The maximum atomic E-state index is 12.3. The zero-order chi connectivity index (χ0) is 16.9. The first-order chi connectivity index (χ1) is 11.7. The second-order valence-electron chi connectivity index (χ2n) is 5.60. The highest BCUT2D eigenvalue weighted by molar-refractivity contribution is 9.10. The van der Waals surface area contributed by atoms with Gasteiger partial charge in [0.05, 0.1) is 6.54 Å². The zero-order valence-electron chi connectivity index (χ0n) is 13.6. The molecule has 0 fully saturated rings. The van der Waals surface area contributed by atoms with Gasteiger partial charge in [-0.05, 0) is 35.3 Å². The van der Waals surface area contributed by atoms with Crippen molar-refractivity contribution in [1.29, 1.82) is 0 Å². The van der Waals surface area contributed by atoms with Crippen LogP contribution in [0.3, 0.4) is 0 Å². The molecule has 128 valence electrons. The van der Waals surface area contributed by atoms with Gasteiger partial charge in [-0.15, -0.1) is 10.2 Å². The number of carbonyl (C=O) groups is 1. The Morgan fingerprint density at radius 1 is 1.33 bits per heavy atom. The second-order valence-corrected chi connectivity index (χ2v) is 6.51. The molecule has 3 heterocycles. The van der Waals surface area contributed by atoms with E-state index in [4.69, 9.17) is 4.74 Å². The van der Waals surface area contributed by atoms with Gasteiger partial charge in [-0.2, -0.15) is 0 Å². The van der Waals surface area contributed by atoms with Crippen LogP contribution in [0.4, 0.5) is 0 Å². The Balaban J connectivity index is 1.66. The van der Waals surface area contributed by atoms with Crippen LogP contribution < -0.4 is 0 Å². The third kappa shape index (κ3) is 3.81. The van der Waals surface area contributed by atoms with Crippen molar-refractivity contribution in [3.8, 4) is 11.4 Å². The zero-order valence-corrected chi connectivity index (χ0v) is 15.2. The van der Waals surface area contributed by atoms with Gasteiger partial charge in [0.2, 0.25) is 5.91 Å². The molecule has 0 aliphatic carbocycles. The molecule has 0 unspecified atom stereocenters. The number of amides is 1. The Morgan fingerprint density at radius 3 is 3.00 bits per heavy atom. The van der Waals surface area contributed by atoms with Crippen LogP contribution in [0.1, 0.15) is 25.6 Å². The normalized spacial score (nSPS) is 13.8. The van der Waals surface area contributed by atoms with E-state index in [9.17, 15) is 4.79 Å². The molecule has 0 aromatic carbocycles. The van der Waals surface area contributed by atoms with Gasteiger partial charge < -0.3 is 14.2 Å². The fraction of sp³-hybridized carbons (Fsp3) is 0.500. The minimum absolute atomic E-state index is 0.148. The van der Waals surface area contributed by atoms with Gasteiger partial charge >= 0.3 is 0 Å². The van der Waals surface area contributed by atoms with Gasteiger partial charge in [0.1, 0.15) is 0 Å². The molecule has 0 saturated carbocycles. The van der Waals surface area contributed by atoms with Crippen molar-refractivity contribution in [2.75, 3.05) is 19.8 Å². The summed E-state index contributed by atoms with van der Waals surface area (Å²) in [6.45, 7) is 5.15. The number of nitrogens with zero attached hydrogens (tertiary/aromatic N) is 5. The lowest BCUT2D eigenvalue weighted by Crippen LogP contribution is -2.38. The van der Waals surface area contributed by atoms with Crippen LogP contribution in [0, 0.1) is 0 Å². The van der Waals surface area contributed by atoms with Crippen molar-refractivity contribution >= 4 is 21.8 Å². The highest BCUT2D eigenvalue weighted by atomic mass is 79.9. The van der Waals surface area contributed by atoms with Crippen LogP contribution in [-0.2, 0) is 22.6 Å². The minimum atomic E-state index is 0.148. The van der Waals surface area contributed by atoms with Crippen LogP contribution in [0.2, 0.25) is 0 Å². The topological polar surface area (TPSA) is 73.1 Å². The third-order valence-corrected chi connectivity index (χ3v) is 4.39.